The lowest BCUT2D eigenvalue weighted by Gasteiger charge is -2.15. The third-order valence-electron chi connectivity index (χ3n) is 2.40. The molecule has 0 aromatic carbocycles. The highest BCUT2D eigenvalue weighted by molar-refractivity contribution is 7.91. The van der Waals surface area contributed by atoms with Crippen molar-refractivity contribution in [2.45, 2.75) is 24.3 Å². The topological polar surface area (TPSA) is 59.9 Å². The second-order valence-corrected chi connectivity index (χ2v) is 5.58. The van der Waals surface area contributed by atoms with Crippen LogP contribution in [0.1, 0.15) is 13.8 Å². The Balaban J connectivity index is 3.09. The summed E-state index contributed by atoms with van der Waals surface area (Å²) < 4.78 is 23.9. The molecule has 5 heteroatoms. The minimum absolute atomic E-state index is 0.119. The highest BCUT2D eigenvalue weighted by atomic mass is 32.2. The maximum Gasteiger partial charge on any atom is 0.247 e. The maximum atomic E-state index is 12.0. The van der Waals surface area contributed by atoms with Crippen molar-refractivity contribution in [1.29, 1.82) is 0 Å². The average Bonchev–Trinajstić information content (AvgIpc) is 2.28. The van der Waals surface area contributed by atoms with Gasteiger partial charge in [-0.15, -0.1) is 6.58 Å². The Kier molecular flexibility index (Phi) is 3.57. The van der Waals surface area contributed by atoms with Gasteiger partial charge in [-0.3, -0.25) is 0 Å². The van der Waals surface area contributed by atoms with Gasteiger partial charge in [0.1, 0.15) is 0 Å². The number of aromatic nitrogens is 2. The van der Waals surface area contributed by atoms with Crippen LogP contribution in [0.3, 0.4) is 0 Å². The molecule has 1 rings (SSSR count). The van der Waals surface area contributed by atoms with Gasteiger partial charge in [0.15, 0.2) is 0 Å². The maximum absolute atomic E-state index is 12.0. The fourth-order valence-corrected chi connectivity index (χ4v) is 2.50. The van der Waals surface area contributed by atoms with E-state index >= 15 is 0 Å². The Bertz CT molecular complexity index is 428. The number of hydrogen-bond donors (Lipinski definition) is 0. The van der Waals surface area contributed by atoms with Crippen LogP contribution in [0.2, 0.25) is 0 Å². The number of hydrogen-bond acceptors (Lipinski definition) is 4. The second-order valence-electron chi connectivity index (χ2n) is 3.38. The van der Waals surface area contributed by atoms with E-state index in [0.717, 1.165) is 0 Å². The predicted molar refractivity (Wildman–Crippen MR) is 58.0 cm³/mol. The molecule has 0 N–H and O–H groups in total. The molecule has 82 valence electrons. The van der Waals surface area contributed by atoms with Gasteiger partial charge in [0.25, 0.3) is 0 Å². The van der Waals surface area contributed by atoms with E-state index in [1.54, 1.807) is 26.0 Å². The Morgan fingerprint density at radius 2 is 1.87 bits per heavy atom. The molecule has 0 radical (unpaired) electrons. The lowest BCUT2D eigenvalue weighted by Crippen LogP contribution is -2.25. The summed E-state index contributed by atoms with van der Waals surface area (Å²) in [6.07, 6.45) is 4.46. The smallest absolute Gasteiger partial charge is 0.227 e. The van der Waals surface area contributed by atoms with Gasteiger partial charge in [-0.25, -0.2) is 18.4 Å². The zero-order valence-electron chi connectivity index (χ0n) is 8.79. The van der Waals surface area contributed by atoms with Gasteiger partial charge in [0.2, 0.25) is 15.0 Å². The summed E-state index contributed by atoms with van der Waals surface area (Å²) in [6, 6.07) is 1.58. The summed E-state index contributed by atoms with van der Waals surface area (Å²) in [6.45, 7) is 7.02. The molecule has 1 aromatic rings. The van der Waals surface area contributed by atoms with Crippen molar-refractivity contribution in [3.8, 4) is 0 Å². The van der Waals surface area contributed by atoms with Crippen molar-refractivity contribution < 1.29 is 8.42 Å². The molecule has 0 aliphatic carbocycles. The van der Waals surface area contributed by atoms with E-state index in [9.17, 15) is 8.42 Å². The molecule has 0 spiro atoms. The van der Waals surface area contributed by atoms with Crippen LogP contribution in [-0.2, 0) is 9.84 Å². The van der Waals surface area contributed by atoms with Crippen LogP contribution in [-0.4, -0.2) is 23.6 Å². The van der Waals surface area contributed by atoms with Crippen molar-refractivity contribution in [2.75, 3.05) is 0 Å². The average molecular weight is 226 g/mol. The fraction of sp³-hybridized carbons (Fsp3) is 0.400. The predicted octanol–water partition coefficient (Wildman–Crippen LogP) is 1.46. The van der Waals surface area contributed by atoms with Gasteiger partial charge < -0.3 is 0 Å². The number of rotatable bonds is 4. The van der Waals surface area contributed by atoms with Crippen molar-refractivity contribution >= 4 is 9.84 Å². The van der Waals surface area contributed by atoms with Crippen molar-refractivity contribution in [3.63, 3.8) is 0 Å². The second kappa shape index (κ2) is 4.53. The standard InChI is InChI=1S/C10H14N2O2S/c1-4-8(2)9(3)15(13,14)10-11-6-5-7-12-10/h4-9H,1H2,2-3H3/t8-,9+/m0/s1. The molecular formula is C10H14N2O2S. The van der Waals surface area contributed by atoms with E-state index < -0.39 is 15.1 Å². The Hall–Kier alpha value is -1.23. The first-order valence-electron chi connectivity index (χ1n) is 4.63. The molecule has 0 saturated heterocycles. The van der Waals surface area contributed by atoms with Crippen LogP contribution in [0.4, 0.5) is 0 Å². The molecular weight excluding hydrogens is 212 g/mol. The molecule has 0 bridgehead atoms. The highest BCUT2D eigenvalue weighted by Gasteiger charge is 2.28. The van der Waals surface area contributed by atoms with Gasteiger partial charge in [0, 0.05) is 12.4 Å². The van der Waals surface area contributed by atoms with E-state index in [1.165, 1.54) is 12.4 Å². The largest absolute Gasteiger partial charge is 0.247 e. The minimum Gasteiger partial charge on any atom is -0.227 e. The Labute approximate surface area is 90.0 Å². The lowest BCUT2D eigenvalue weighted by atomic mass is 10.1. The van der Waals surface area contributed by atoms with Crippen molar-refractivity contribution in [2.24, 2.45) is 5.92 Å². The SMILES string of the molecule is C=C[C@H](C)[C@@H](C)S(=O)(=O)c1ncccn1. The van der Waals surface area contributed by atoms with E-state index in [4.69, 9.17) is 0 Å². The molecule has 1 aromatic heterocycles. The van der Waals surface area contributed by atoms with Gasteiger partial charge >= 0.3 is 0 Å². The van der Waals surface area contributed by atoms with Crippen LogP contribution in [0.5, 0.6) is 0 Å². The van der Waals surface area contributed by atoms with E-state index in [0.29, 0.717) is 0 Å². The molecule has 4 nitrogen and oxygen atoms in total. The quantitative estimate of drug-likeness (QED) is 0.576. The van der Waals surface area contributed by atoms with Crippen LogP contribution in [0, 0.1) is 5.92 Å². The summed E-state index contributed by atoms with van der Waals surface area (Å²) in [4.78, 5) is 7.51. The third kappa shape index (κ3) is 2.41. The number of allylic oxidation sites excluding steroid dienone is 1. The first-order valence-corrected chi connectivity index (χ1v) is 6.18. The van der Waals surface area contributed by atoms with E-state index in [1.807, 2.05) is 0 Å². The molecule has 0 unspecified atom stereocenters. The Morgan fingerprint density at radius 3 is 2.33 bits per heavy atom. The zero-order chi connectivity index (χ0) is 11.5. The molecule has 0 saturated carbocycles. The van der Waals surface area contributed by atoms with Gasteiger partial charge in [0.05, 0.1) is 5.25 Å². The third-order valence-corrected chi connectivity index (χ3v) is 4.53. The van der Waals surface area contributed by atoms with Gasteiger partial charge in [-0.1, -0.05) is 13.0 Å². The summed E-state index contributed by atoms with van der Waals surface area (Å²) >= 11 is 0. The first kappa shape index (κ1) is 11.8. The fourth-order valence-electron chi connectivity index (χ4n) is 1.07. The van der Waals surface area contributed by atoms with Crippen molar-refractivity contribution in [3.05, 3.63) is 31.1 Å². The monoisotopic (exact) mass is 226 g/mol. The first-order chi connectivity index (χ1) is 7.00. The van der Waals surface area contributed by atoms with Gasteiger partial charge in [-0.05, 0) is 18.9 Å². The van der Waals surface area contributed by atoms with Crippen LogP contribution in [0.25, 0.3) is 0 Å². The van der Waals surface area contributed by atoms with Crippen LogP contribution in [0.15, 0.2) is 36.3 Å². The summed E-state index contributed by atoms with van der Waals surface area (Å²) in [5.74, 6) is -0.126. The molecule has 0 aliphatic rings. The van der Waals surface area contributed by atoms with Crippen LogP contribution < -0.4 is 0 Å². The normalized spacial score (nSPS) is 15.6. The summed E-state index contributed by atoms with van der Waals surface area (Å²) in [7, 11) is -3.44. The molecule has 15 heavy (non-hydrogen) atoms. The van der Waals surface area contributed by atoms with E-state index in [2.05, 4.69) is 16.5 Å². The van der Waals surface area contributed by atoms with E-state index in [-0.39, 0.29) is 11.1 Å². The van der Waals surface area contributed by atoms with Crippen LogP contribution >= 0.6 is 0 Å². The van der Waals surface area contributed by atoms with Gasteiger partial charge in [-0.2, -0.15) is 0 Å². The molecule has 2 atom stereocenters. The number of sulfone groups is 1. The highest BCUT2D eigenvalue weighted by Crippen LogP contribution is 2.18. The summed E-state index contributed by atoms with van der Waals surface area (Å²) in [5, 5.41) is -0.677. The van der Waals surface area contributed by atoms with Crippen molar-refractivity contribution in [1.82, 2.24) is 9.97 Å². The molecule has 0 fully saturated rings. The Morgan fingerprint density at radius 1 is 1.33 bits per heavy atom. The number of nitrogens with zero attached hydrogens (tertiary/aromatic N) is 2. The zero-order valence-corrected chi connectivity index (χ0v) is 9.61. The molecule has 0 aliphatic heterocycles. The molecule has 1 heterocycles. The summed E-state index contributed by atoms with van der Waals surface area (Å²) in [5.41, 5.74) is 0. The minimum atomic E-state index is -3.44. The lowest BCUT2D eigenvalue weighted by molar-refractivity contribution is 0.554. The molecule has 0 amide bonds.